The molecule has 2 saturated heterocycles. The third-order valence-corrected chi connectivity index (χ3v) is 3.56. The van der Waals surface area contributed by atoms with Gasteiger partial charge >= 0.3 is 0 Å². The van der Waals surface area contributed by atoms with Gasteiger partial charge in [0.05, 0.1) is 11.6 Å². The topological polar surface area (TPSA) is 75.8 Å². The lowest BCUT2D eigenvalue weighted by atomic mass is 9.89. The quantitative estimate of drug-likeness (QED) is 0.633. The van der Waals surface area contributed by atoms with E-state index in [-0.39, 0.29) is 12.0 Å². The second-order valence-electron chi connectivity index (χ2n) is 4.79. The van der Waals surface area contributed by atoms with Gasteiger partial charge in [-0.2, -0.15) is 0 Å². The van der Waals surface area contributed by atoms with Crippen LogP contribution in [0.3, 0.4) is 0 Å². The van der Waals surface area contributed by atoms with Crippen LogP contribution in [0.2, 0.25) is 0 Å². The zero-order valence-corrected chi connectivity index (χ0v) is 9.52. The van der Waals surface area contributed by atoms with Gasteiger partial charge in [-0.25, -0.2) is 0 Å². The summed E-state index contributed by atoms with van der Waals surface area (Å²) in [7, 11) is 0. The zero-order chi connectivity index (χ0) is 11.6. The molecule has 3 N–H and O–H groups in total. The molecule has 2 aliphatic rings. The van der Waals surface area contributed by atoms with E-state index in [2.05, 4.69) is 0 Å². The molecular weight excluding hydrogens is 208 g/mol. The van der Waals surface area contributed by atoms with Gasteiger partial charge in [0.25, 0.3) is 0 Å². The number of ether oxygens (including phenoxy) is 1. The van der Waals surface area contributed by atoms with Gasteiger partial charge in [0, 0.05) is 26.3 Å². The highest BCUT2D eigenvalue weighted by Crippen LogP contribution is 2.22. The Hall–Kier alpha value is -0.650. The summed E-state index contributed by atoms with van der Waals surface area (Å²) < 4.78 is 5.23. The predicted molar refractivity (Wildman–Crippen MR) is 58.8 cm³/mol. The molecule has 0 atom stereocenters. The minimum absolute atomic E-state index is 0.0303. The normalized spacial score (nSPS) is 26.8. The zero-order valence-electron chi connectivity index (χ0n) is 9.52. The highest BCUT2D eigenvalue weighted by molar-refractivity contribution is 5.86. The van der Waals surface area contributed by atoms with E-state index < -0.39 is 5.54 Å². The predicted octanol–water partition coefficient (Wildman–Crippen LogP) is -0.522. The lowest BCUT2D eigenvalue weighted by Gasteiger charge is -2.39. The lowest BCUT2D eigenvalue weighted by molar-refractivity contribution is -0.142. The van der Waals surface area contributed by atoms with Gasteiger partial charge in [0.1, 0.15) is 0 Å². The first-order chi connectivity index (χ1) is 7.62. The number of aliphatic hydroxyl groups is 1. The van der Waals surface area contributed by atoms with Crippen LogP contribution in [0.25, 0.3) is 0 Å². The van der Waals surface area contributed by atoms with E-state index >= 15 is 0 Å². The van der Waals surface area contributed by atoms with Crippen LogP contribution in [0, 0.1) is 0 Å². The number of carbonyl (C=O) groups excluding carboxylic acids is 1. The Morgan fingerprint density at radius 2 is 1.88 bits per heavy atom. The Bertz CT molecular complexity index is 256. The molecule has 0 spiro atoms. The molecule has 0 aromatic carbocycles. The number of aliphatic hydroxyl groups excluding tert-OH is 1. The van der Waals surface area contributed by atoms with Crippen molar-refractivity contribution < 1.29 is 14.6 Å². The molecule has 0 aromatic rings. The van der Waals surface area contributed by atoms with Gasteiger partial charge in [0.2, 0.25) is 5.91 Å². The first-order valence-corrected chi connectivity index (χ1v) is 5.96. The highest BCUT2D eigenvalue weighted by atomic mass is 16.5. The first kappa shape index (κ1) is 11.8. The Morgan fingerprint density at radius 1 is 1.31 bits per heavy atom. The van der Waals surface area contributed by atoms with Crippen molar-refractivity contribution in [3.05, 3.63) is 0 Å². The number of likely N-dealkylation sites (tertiary alicyclic amines) is 1. The summed E-state index contributed by atoms with van der Waals surface area (Å²) in [6.07, 6.45) is 2.28. The van der Waals surface area contributed by atoms with Crippen LogP contribution in [-0.4, -0.2) is 53.9 Å². The Labute approximate surface area is 95.5 Å². The number of hydrogen-bond donors (Lipinski definition) is 2. The minimum atomic E-state index is -0.736. The average molecular weight is 228 g/mol. The fourth-order valence-corrected chi connectivity index (χ4v) is 2.33. The van der Waals surface area contributed by atoms with Crippen molar-refractivity contribution in [1.82, 2.24) is 4.90 Å². The molecule has 0 saturated carbocycles. The van der Waals surface area contributed by atoms with Crippen LogP contribution < -0.4 is 5.73 Å². The van der Waals surface area contributed by atoms with Crippen molar-refractivity contribution >= 4 is 5.91 Å². The Kier molecular flexibility index (Phi) is 3.47. The smallest absolute Gasteiger partial charge is 0.242 e. The molecular formula is C11H20N2O3. The van der Waals surface area contributed by atoms with E-state index in [0.29, 0.717) is 52.0 Å². The maximum atomic E-state index is 12.2. The molecule has 0 radical (unpaired) electrons. The lowest BCUT2D eigenvalue weighted by Crippen LogP contribution is -2.59. The number of nitrogens with two attached hydrogens (primary N) is 1. The fourth-order valence-electron chi connectivity index (χ4n) is 2.33. The molecule has 1 amide bonds. The van der Waals surface area contributed by atoms with Gasteiger partial charge in [-0.15, -0.1) is 0 Å². The van der Waals surface area contributed by atoms with Crippen LogP contribution in [-0.2, 0) is 9.53 Å². The first-order valence-electron chi connectivity index (χ1n) is 5.96. The number of hydrogen-bond acceptors (Lipinski definition) is 4. The maximum Gasteiger partial charge on any atom is 0.242 e. The van der Waals surface area contributed by atoms with Gasteiger partial charge in [-0.1, -0.05) is 0 Å². The van der Waals surface area contributed by atoms with Gasteiger partial charge in [-0.05, 0) is 25.7 Å². The number of piperidine rings is 1. The van der Waals surface area contributed by atoms with E-state index in [0.717, 1.165) is 0 Å². The van der Waals surface area contributed by atoms with Crippen LogP contribution in [0.1, 0.15) is 25.7 Å². The number of carbonyl (C=O) groups is 1. The number of nitrogens with zero attached hydrogens (tertiary/aromatic N) is 1. The van der Waals surface area contributed by atoms with Crippen LogP contribution >= 0.6 is 0 Å². The molecule has 2 heterocycles. The van der Waals surface area contributed by atoms with Gasteiger partial charge in [0.15, 0.2) is 0 Å². The summed E-state index contributed by atoms with van der Waals surface area (Å²) in [5, 5.41) is 9.39. The molecule has 2 fully saturated rings. The molecule has 5 nitrogen and oxygen atoms in total. The molecule has 2 rings (SSSR count). The Balaban J connectivity index is 1.95. The molecule has 0 aromatic heterocycles. The van der Waals surface area contributed by atoms with Crippen LogP contribution in [0.15, 0.2) is 0 Å². The molecule has 0 bridgehead atoms. The third-order valence-electron chi connectivity index (χ3n) is 3.56. The van der Waals surface area contributed by atoms with E-state index in [1.807, 2.05) is 0 Å². The Morgan fingerprint density at radius 3 is 2.44 bits per heavy atom. The van der Waals surface area contributed by atoms with E-state index in [4.69, 9.17) is 10.5 Å². The molecule has 2 aliphatic heterocycles. The van der Waals surface area contributed by atoms with E-state index in [1.54, 1.807) is 4.90 Å². The molecule has 5 heteroatoms. The van der Waals surface area contributed by atoms with Crippen LogP contribution in [0.4, 0.5) is 0 Å². The summed E-state index contributed by atoms with van der Waals surface area (Å²) in [5.74, 6) is 0.0303. The van der Waals surface area contributed by atoms with Crippen molar-refractivity contribution in [2.75, 3.05) is 26.3 Å². The largest absolute Gasteiger partial charge is 0.393 e. The average Bonchev–Trinajstić information content (AvgIpc) is 2.30. The second kappa shape index (κ2) is 4.69. The summed E-state index contributed by atoms with van der Waals surface area (Å²) in [6.45, 7) is 2.39. The van der Waals surface area contributed by atoms with E-state index in [9.17, 15) is 9.90 Å². The molecule has 16 heavy (non-hydrogen) atoms. The minimum Gasteiger partial charge on any atom is -0.393 e. The van der Waals surface area contributed by atoms with E-state index in [1.165, 1.54) is 0 Å². The summed E-state index contributed by atoms with van der Waals surface area (Å²) in [4.78, 5) is 14.0. The summed E-state index contributed by atoms with van der Waals surface area (Å²) >= 11 is 0. The summed E-state index contributed by atoms with van der Waals surface area (Å²) in [5.41, 5.74) is 5.40. The van der Waals surface area contributed by atoms with Gasteiger partial charge < -0.3 is 20.5 Å². The van der Waals surface area contributed by atoms with Crippen molar-refractivity contribution in [2.45, 2.75) is 37.3 Å². The number of rotatable bonds is 1. The van der Waals surface area contributed by atoms with Crippen molar-refractivity contribution in [2.24, 2.45) is 5.73 Å². The molecule has 92 valence electrons. The fraction of sp³-hybridized carbons (Fsp3) is 0.909. The highest BCUT2D eigenvalue weighted by Gasteiger charge is 2.39. The van der Waals surface area contributed by atoms with Crippen molar-refractivity contribution in [1.29, 1.82) is 0 Å². The SMILES string of the molecule is NC1(C(=O)N2CCC(O)CC2)CCOCC1. The molecule has 0 aliphatic carbocycles. The monoisotopic (exact) mass is 228 g/mol. The third kappa shape index (κ3) is 2.36. The molecule has 0 unspecified atom stereocenters. The van der Waals surface area contributed by atoms with Gasteiger partial charge in [-0.3, -0.25) is 4.79 Å². The van der Waals surface area contributed by atoms with Crippen molar-refractivity contribution in [3.63, 3.8) is 0 Å². The van der Waals surface area contributed by atoms with Crippen molar-refractivity contribution in [3.8, 4) is 0 Å². The number of amides is 1. The maximum absolute atomic E-state index is 12.2. The summed E-state index contributed by atoms with van der Waals surface area (Å²) in [6, 6.07) is 0. The standard InChI is InChI=1S/C11H20N2O3/c12-11(3-7-16-8-4-11)10(15)13-5-1-9(14)2-6-13/h9,14H,1-8,12H2. The second-order valence-corrected chi connectivity index (χ2v) is 4.79. The van der Waals surface area contributed by atoms with Crippen LogP contribution in [0.5, 0.6) is 0 Å².